The van der Waals surface area contributed by atoms with E-state index in [0.717, 1.165) is 17.7 Å². The van der Waals surface area contributed by atoms with E-state index < -0.39 is 0 Å². The molecule has 0 radical (unpaired) electrons. The number of nitrogens with zero attached hydrogens (tertiary/aromatic N) is 3. The normalized spacial score (nSPS) is 15.7. The Balaban J connectivity index is 1.22. The number of ether oxygens (including phenoxy) is 2. The van der Waals surface area contributed by atoms with Gasteiger partial charge < -0.3 is 18.9 Å². The largest absolute Gasteiger partial charge is 0.497 e. The van der Waals surface area contributed by atoms with E-state index in [9.17, 15) is 9.18 Å². The Bertz CT molecular complexity index is 1020. The fourth-order valence-corrected chi connectivity index (χ4v) is 3.72. The van der Waals surface area contributed by atoms with Crippen LogP contribution in [0.3, 0.4) is 0 Å². The van der Waals surface area contributed by atoms with E-state index in [1.165, 1.54) is 12.1 Å². The van der Waals surface area contributed by atoms with Crippen molar-refractivity contribution in [3.8, 4) is 11.5 Å². The van der Waals surface area contributed by atoms with Crippen LogP contribution in [0.15, 0.2) is 53.1 Å². The molecule has 2 aromatic carbocycles. The van der Waals surface area contributed by atoms with Crippen LogP contribution in [-0.4, -0.2) is 47.8 Å². The van der Waals surface area contributed by atoms with Crippen molar-refractivity contribution >= 4 is 5.91 Å². The summed E-state index contributed by atoms with van der Waals surface area (Å²) >= 11 is 0. The van der Waals surface area contributed by atoms with E-state index in [2.05, 4.69) is 10.1 Å². The molecule has 1 atom stereocenters. The number of carbonyl (C=O) groups is 1. The molecule has 1 saturated heterocycles. The van der Waals surface area contributed by atoms with E-state index in [0.29, 0.717) is 56.4 Å². The van der Waals surface area contributed by atoms with Crippen LogP contribution in [0.2, 0.25) is 0 Å². The lowest BCUT2D eigenvalue weighted by Crippen LogP contribution is -2.28. The van der Waals surface area contributed by atoms with Gasteiger partial charge in [0.25, 0.3) is 0 Å². The summed E-state index contributed by atoms with van der Waals surface area (Å²) in [4.78, 5) is 19.0. The first kappa shape index (κ1) is 21.8. The summed E-state index contributed by atoms with van der Waals surface area (Å²) in [5.41, 5.74) is 1.11. The van der Waals surface area contributed by atoms with Gasteiger partial charge in [-0.05, 0) is 54.8 Å². The molecule has 32 heavy (non-hydrogen) atoms. The first-order valence-corrected chi connectivity index (χ1v) is 10.7. The number of aryl methyl sites for hydroxylation is 1. The van der Waals surface area contributed by atoms with E-state index in [-0.39, 0.29) is 17.6 Å². The van der Waals surface area contributed by atoms with Crippen LogP contribution in [0, 0.1) is 5.82 Å². The van der Waals surface area contributed by atoms with Gasteiger partial charge in [0.1, 0.15) is 17.3 Å². The van der Waals surface area contributed by atoms with E-state index in [1.54, 1.807) is 19.2 Å². The summed E-state index contributed by atoms with van der Waals surface area (Å²) in [5, 5.41) is 4.03. The Hall–Kier alpha value is -3.42. The number of carbonyl (C=O) groups excluding carboxylic acids is 1. The summed E-state index contributed by atoms with van der Waals surface area (Å²) < 4.78 is 29.1. The maximum Gasteiger partial charge on any atom is 0.231 e. The molecule has 0 spiro atoms. The molecule has 2 heterocycles. The molecule has 8 heteroatoms. The van der Waals surface area contributed by atoms with E-state index in [4.69, 9.17) is 14.0 Å². The molecule has 0 N–H and O–H groups in total. The first-order valence-electron chi connectivity index (χ1n) is 10.7. The molecule has 1 aliphatic heterocycles. The number of benzene rings is 2. The number of halogens is 1. The summed E-state index contributed by atoms with van der Waals surface area (Å²) in [5.74, 6) is 2.41. The highest BCUT2D eigenvalue weighted by Crippen LogP contribution is 2.27. The number of rotatable bonds is 9. The highest BCUT2D eigenvalue weighted by atomic mass is 19.1. The third kappa shape index (κ3) is 5.63. The molecule has 0 bridgehead atoms. The molecule has 7 nitrogen and oxygen atoms in total. The monoisotopic (exact) mass is 439 g/mol. The van der Waals surface area contributed by atoms with Crippen LogP contribution in [0.25, 0.3) is 0 Å². The van der Waals surface area contributed by atoms with Crippen LogP contribution >= 0.6 is 0 Å². The van der Waals surface area contributed by atoms with Gasteiger partial charge in [0.15, 0.2) is 5.82 Å². The molecule has 1 unspecified atom stereocenters. The molecular formula is C24H26FN3O4. The Kier molecular flexibility index (Phi) is 6.99. The van der Waals surface area contributed by atoms with Crippen molar-refractivity contribution in [2.24, 2.45) is 0 Å². The first-order chi connectivity index (χ1) is 15.6. The zero-order valence-corrected chi connectivity index (χ0v) is 18.0. The second kappa shape index (κ2) is 10.3. The smallest absolute Gasteiger partial charge is 0.231 e. The molecule has 1 amide bonds. The fraction of sp³-hybridized carbons (Fsp3) is 0.375. The van der Waals surface area contributed by atoms with Gasteiger partial charge in [0.2, 0.25) is 11.8 Å². The second-order valence-corrected chi connectivity index (χ2v) is 7.77. The summed E-state index contributed by atoms with van der Waals surface area (Å²) in [7, 11) is 1.64. The zero-order valence-electron chi connectivity index (χ0n) is 18.0. The Morgan fingerprint density at radius 2 is 1.88 bits per heavy atom. The number of hydrogen-bond acceptors (Lipinski definition) is 6. The molecule has 1 aliphatic rings. The Morgan fingerprint density at radius 3 is 2.62 bits per heavy atom. The lowest BCUT2D eigenvalue weighted by Gasteiger charge is -2.15. The van der Waals surface area contributed by atoms with Crippen molar-refractivity contribution in [1.82, 2.24) is 15.0 Å². The van der Waals surface area contributed by atoms with Gasteiger partial charge in [-0.25, -0.2) is 4.39 Å². The van der Waals surface area contributed by atoms with Crippen LogP contribution in [-0.2, 0) is 17.6 Å². The van der Waals surface area contributed by atoms with Crippen molar-refractivity contribution in [3.63, 3.8) is 0 Å². The lowest BCUT2D eigenvalue weighted by atomic mass is 10.1. The number of likely N-dealkylation sites (tertiary alicyclic amines) is 1. The van der Waals surface area contributed by atoms with Crippen LogP contribution < -0.4 is 9.47 Å². The van der Waals surface area contributed by atoms with Crippen LogP contribution in [0.5, 0.6) is 11.5 Å². The number of hydrogen-bond donors (Lipinski definition) is 0. The minimum Gasteiger partial charge on any atom is -0.497 e. The van der Waals surface area contributed by atoms with Gasteiger partial charge in [0, 0.05) is 25.9 Å². The summed E-state index contributed by atoms with van der Waals surface area (Å²) in [6.07, 6.45) is 2.46. The van der Waals surface area contributed by atoms with Gasteiger partial charge in [0.05, 0.1) is 19.6 Å². The molecule has 0 saturated carbocycles. The molecule has 168 valence electrons. The van der Waals surface area contributed by atoms with Crippen molar-refractivity contribution < 1.29 is 23.2 Å². The van der Waals surface area contributed by atoms with Gasteiger partial charge in [-0.1, -0.05) is 17.3 Å². The molecule has 3 aromatic rings. The number of methoxy groups -OCH3 is 1. The average Bonchev–Trinajstić information content (AvgIpc) is 3.49. The SMILES string of the molecule is COc1ccc(CCC(=O)N2CCC(c3nc(CCOc4ccc(F)cc4)no3)C2)cc1. The predicted octanol–water partition coefficient (Wildman–Crippen LogP) is 3.79. The van der Waals surface area contributed by atoms with E-state index >= 15 is 0 Å². The summed E-state index contributed by atoms with van der Waals surface area (Å²) in [6, 6.07) is 13.6. The third-order valence-corrected chi connectivity index (χ3v) is 5.57. The van der Waals surface area contributed by atoms with E-state index in [1.807, 2.05) is 29.2 Å². The van der Waals surface area contributed by atoms with Gasteiger partial charge in [-0.15, -0.1) is 0 Å². The molecule has 1 fully saturated rings. The topological polar surface area (TPSA) is 77.7 Å². The quantitative estimate of drug-likeness (QED) is 0.505. The van der Waals surface area contributed by atoms with Gasteiger partial charge >= 0.3 is 0 Å². The molecule has 4 rings (SSSR count). The molecular weight excluding hydrogens is 413 g/mol. The predicted molar refractivity (Wildman–Crippen MR) is 115 cm³/mol. The highest BCUT2D eigenvalue weighted by molar-refractivity contribution is 5.76. The minimum atomic E-state index is -0.301. The zero-order chi connectivity index (χ0) is 22.3. The molecule has 0 aliphatic carbocycles. The van der Waals surface area contributed by atoms with Crippen molar-refractivity contribution in [1.29, 1.82) is 0 Å². The van der Waals surface area contributed by atoms with Gasteiger partial charge in [-0.2, -0.15) is 4.98 Å². The standard InChI is InChI=1S/C24H26FN3O4/c1-30-20-7-2-17(3-8-20)4-11-23(29)28-14-12-18(16-28)24-26-22(27-32-24)13-15-31-21-9-5-19(25)6-10-21/h2-3,5-10,18H,4,11-16H2,1H3. The van der Waals surface area contributed by atoms with Crippen LogP contribution in [0.1, 0.15) is 36.0 Å². The third-order valence-electron chi connectivity index (χ3n) is 5.57. The average molecular weight is 439 g/mol. The van der Waals surface area contributed by atoms with Crippen molar-refractivity contribution in [3.05, 3.63) is 71.6 Å². The maximum absolute atomic E-state index is 12.9. The number of amides is 1. The highest BCUT2D eigenvalue weighted by Gasteiger charge is 2.30. The fourth-order valence-electron chi connectivity index (χ4n) is 3.72. The Labute approximate surface area is 186 Å². The lowest BCUT2D eigenvalue weighted by molar-refractivity contribution is -0.130. The maximum atomic E-state index is 12.9. The number of aromatic nitrogens is 2. The van der Waals surface area contributed by atoms with Crippen molar-refractivity contribution in [2.75, 3.05) is 26.8 Å². The van der Waals surface area contributed by atoms with Crippen molar-refractivity contribution in [2.45, 2.75) is 31.6 Å². The molecule has 1 aromatic heterocycles. The van der Waals surface area contributed by atoms with Gasteiger partial charge in [-0.3, -0.25) is 4.79 Å². The summed E-state index contributed by atoms with van der Waals surface area (Å²) in [6.45, 7) is 1.65. The van der Waals surface area contributed by atoms with Crippen LogP contribution in [0.4, 0.5) is 4.39 Å². The minimum absolute atomic E-state index is 0.0548. The second-order valence-electron chi connectivity index (χ2n) is 7.77. The Morgan fingerprint density at radius 1 is 1.12 bits per heavy atom.